The van der Waals surface area contributed by atoms with Crippen LogP contribution in [0.5, 0.6) is 0 Å². The molecule has 1 atom stereocenters. The summed E-state index contributed by atoms with van der Waals surface area (Å²) in [6.07, 6.45) is 1.96. The van der Waals surface area contributed by atoms with Crippen molar-refractivity contribution < 1.29 is 9.53 Å². The fourth-order valence-corrected chi connectivity index (χ4v) is 1.71. The minimum absolute atomic E-state index is 0.356. The van der Waals surface area contributed by atoms with Crippen molar-refractivity contribution >= 4 is 5.97 Å². The van der Waals surface area contributed by atoms with Crippen LogP contribution < -0.4 is 5.73 Å². The van der Waals surface area contributed by atoms with Crippen molar-refractivity contribution in [2.75, 3.05) is 0 Å². The first-order chi connectivity index (χ1) is 7.10. The Bertz CT molecular complexity index is 411. The van der Waals surface area contributed by atoms with E-state index in [0.717, 1.165) is 5.56 Å². The Balaban J connectivity index is 2.20. The zero-order valence-corrected chi connectivity index (χ0v) is 8.57. The van der Waals surface area contributed by atoms with Gasteiger partial charge in [0.15, 0.2) is 5.60 Å². The number of cyclic esters (lactones) is 1. The van der Waals surface area contributed by atoms with Gasteiger partial charge in [-0.1, -0.05) is 30.3 Å². The van der Waals surface area contributed by atoms with Gasteiger partial charge in [0, 0.05) is 12.5 Å². The van der Waals surface area contributed by atoms with Gasteiger partial charge in [0.05, 0.1) is 5.70 Å². The summed E-state index contributed by atoms with van der Waals surface area (Å²) in [7, 11) is 0. The van der Waals surface area contributed by atoms with Gasteiger partial charge in [-0.05, 0) is 12.5 Å². The van der Waals surface area contributed by atoms with Crippen molar-refractivity contribution in [3.8, 4) is 0 Å². The number of hydrogen-bond donors (Lipinski definition) is 1. The minimum atomic E-state index is -0.682. The molecular formula is C12H13NO2. The van der Waals surface area contributed by atoms with Crippen LogP contribution in [0.2, 0.25) is 0 Å². The van der Waals surface area contributed by atoms with E-state index < -0.39 is 5.60 Å². The molecule has 0 saturated carbocycles. The Kier molecular flexibility index (Phi) is 2.23. The Labute approximate surface area is 88.5 Å². The monoisotopic (exact) mass is 203 g/mol. The second kappa shape index (κ2) is 3.42. The number of rotatable bonds is 2. The Hall–Kier alpha value is -1.77. The molecule has 2 rings (SSSR count). The molecule has 1 aliphatic heterocycles. The van der Waals surface area contributed by atoms with Crippen molar-refractivity contribution in [3.63, 3.8) is 0 Å². The first kappa shape index (κ1) is 9.77. The number of esters is 1. The number of carbonyl (C=O) groups excluding carboxylic acids is 1. The van der Waals surface area contributed by atoms with Crippen LogP contribution in [0.25, 0.3) is 0 Å². The molecule has 15 heavy (non-hydrogen) atoms. The molecule has 0 saturated heterocycles. The summed E-state index contributed by atoms with van der Waals surface area (Å²) in [4.78, 5) is 11.1. The van der Waals surface area contributed by atoms with Crippen molar-refractivity contribution in [2.45, 2.75) is 18.9 Å². The maximum Gasteiger partial charge on any atom is 0.333 e. The van der Waals surface area contributed by atoms with Gasteiger partial charge in [0.25, 0.3) is 0 Å². The molecule has 2 N–H and O–H groups in total. The highest BCUT2D eigenvalue weighted by molar-refractivity contribution is 5.86. The molecule has 0 bridgehead atoms. The van der Waals surface area contributed by atoms with E-state index in [1.807, 2.05) is 37.3 Å². The molecular weight excluding hydrogens is 190 g/mol. The van der Waals surface area contributed by atoms with E-state index in [9.17, 15) is 4.79 Å². The van der Waals surface area contributed by atoms with Gasteiger partial charge in [0.1, 0.15) is 0 Å². The number of ether oxygens (including phenoxy) is 1. The molecule has 0 spiro atoms. The fourth-order valence-electron chi connectivity index (χ4n) is 1.71. The fraction of sp³-hybridized carbons (Fsp3) is 0.250. The van der Waals surface area contributed by atoms with Crippen LogP contribution in [-0.4, -0.2) is 11.6 Å². The zero-order chi connectivity index (χ0) is 10.9. The minimum Gasteiger partial charge on any atom is -0.449 e. The molecule has 3 heteroatoms. The number of hydrogen-bond acceptors (Lipinski definition) is 3. The first-order valence-electron chi connectivity index (χ1n) is 4.85. The summed E-state index contributed by atoms with van der Waals surface area (Å²) in [5.41, 5.74) is 6.68. The molecule has 3 nitrogen and oxygen atoms in total. The molecule has 0 aromatic heterocycles. The van der Waals surface area contributed by atoms with Crippen molar-refractivity contribution in [2.24, 2.45) is 5.73 Å². The highest BCUT2D eigenvalue weighted by Gasteiger charge is 2.37. The van der Waals surface area contributed by atoms with E-state index >= 15 is 0 Å². The number of benzene rings is 1. The van der Waals surface area contributed by atoms with Gasteiger partial charge in [-0.15, -0.1) is 0 Å². The highest BCUT2D eigenvalue weighted by Crippen LogP contribution is 2.28. The van der Waals surface area contributed by atoms with Crippen LogP contribution in [0.4, 0.5) is 0 Å². The SMILES string of the molecule is C[C@@]1(Cc2ccccc2)OC(=O)C=C1N. The van der Waals surface area contributed by atoms with Gasteiger partial charge in [-0.25, -0.2) is 4.79 Å². The third-order valence-corrected chi connectivity index (χ3v) is 2.59. The van der Waals surface area contributed by atoms with Crippen LogP contribution in [0.3, 0.4) is 0 Å². The molecule has 1 aliphatic rings. The maximum absolute atomic E-state index is 11.1. The Morgan fingerprint density at radius 2 is 2.00 bits per heavy atom. The Morgan fingerprint density at radius 3 is 2.53 bits per heavy atom. The average molecular weight is 203 g/mol. The van der Waals surface area contributed by atoms with Crippen molar-refractivity contribution in [1.29, 1.82) is 0 Å². The summed E-state index contributed by atoms with van der Waals surface area (Å²) in [6, 6.07) is 9.84. The summed E-state index contributed by atoms with van der Waals surface area (Å²) in [5, 5.41) is 0. The lowest BCUT2D eigenvalue weighted by atomic mass is 9.94. The molecule has 1 heterocycles. The zero-order valence-electron chi connectivity index (χ0n) is 8.57. The van der Waals surface area contributed by atoms with Crippen LogP contribution >= 0.6 is 0 Å². The molecule has 0 radical (unpaired) electrons. The van der Waals surface area contributed by atoms with Crippen LogP contribution in [0.1, 0.15) is 12.5 Å². The Morgan fingerprint density at radius 1 is 1.33 bits per heavy atom. The topological polar surface area (TPSA) is 52.3 Å². The lowest BCUT2D eigenvalue weighted by molar-refractivity contribution is -0.144. The number of carbonyl (C=O) groups is 1. The second-order valence-corrected chi connectivity index (χ2v) is 3.91. The molecule has 0 unspecified atom stereocenters. The van der Waals surface area contributed by atoms with Gasteiger partial charge in [-0.2, -0.15) is 0 Å². The van der Waals surface area contributed by atoms with E-state index in [4.69, 9.17) is 10.5 Å². The van der Waals surface area contributed by atoms with E-state index in [2.05, 4.69) is 0 Å². The molecule has 0 amide bonds. The van der Waals surface area contributed by atoms with Gasteiger partial charge >= 0.3 is 5.97 Å². The van der Waals surface area contributed by atoms with E-state index in [1.165, 1.54) is 6.08 Å². The quantitative estimate of drug-likeness (QED) is 0.739. The lowest BCUT2D eigenvalue weighted by Gasteiger charge is -2.24. The van der Waals surface area contributed by atoms with Gasteiger partial charge in [0.2, 0.25) is 0 Å². The molecule has 1 aromatic rings. The summed E-state index contributed by atoms with van der Waals surface area (Å²) in [6.45, 7) is 1.83. The summed E-state index contributed by atoms with van der Waals surface area (Å²) >= 11 is 0. The normalized spacial score (nSPS) is 24.9. The highest BCUT2D eigenvalue weighted by atomic mass is 16.6. The predicted molar refractivity (Wildman–Crippen MR) is 56.9 cm³/mol. The van der Waals surface area contributed by atoms with Gasteiger partial charge in [-0.3, -0.25) is 0 Å². The predicted octanol–water partition coefficient (Wildman–Crippen LogP) is 1.39. The van der Waals surface area contributed by atoms with Crippen LogP contribution in [0, 0.1) is 0 Å². The van der Waals surface area contributed by atoms with Crippen molar-refractivity contribution in [1.82, 2.24) is 0 Å². The average Bonchev–Trinajstić information content (AvgIpc) is 2.41. The molecule has 78 valence electrons. The molecule has 1 aromatic carbocycles. The second-order valence-electron chi connectivity index (χ2n) is 3.91. The maximum atomic E-state index is 11.1. The van der Waals surface area contributed by atoms with Crippen LogP contribution in [0.15, 0.2) is 42.1 Å². The van der Waals surface area contributed by atoms with Crippen molar-refractivity contribution in [3.05, 3.63) is 47.7 Å². The summed E-state index contributed by atoms with van der Waals surface area (Å²) < 4.78 is 5.21. The number of nitrogens with two attached hydrogens (primary N) is 1. The third-order valence-electron chi connectivity index (χ3n) is 2.59. The van der Waals surface area contributed by atoms with Gasteiger partial charge < -0.3 is 10.5 Å². The van der Waals surface area contributed by atoms with E-state index in [-0.39, 0.29) is 5.97 Å². The molecule has 0 fully saturated rings. The van der Waals surface area contributed by atoms with Crippen LogP contribution in [-0.2, 0) is 16.0 Å². The summed E-state index contributed by atoms with van der Waals surface area (Å²) in [5.74, 6) is -0.356. The van der Waals surface area contributed by atoms with E-state index in [1.54, 1.807) is 0 Å². The smallest absolute Gasteiger partial charge is 0.333 e. The lowest BCUT2D eigenvalue weighted by Crippen LogP contribution is -2.34. The molecule has 0 aliphatic carbocycles. The largest absolute Gasteiger partial charge is 0.449 e. The van der Waals surface area contributed by atoms with E-state index in [0.29, 0.717) is 12.1 Å². The first-order valence-corrected chi connectivity index (χ1v) is 4.85. The standard InChI is InChI=1S/C12H13NO2/c1-12(10(13)7-11(14)15-12)8-9-5-3-2-4-6-9/h2-7H,8,13H2,1H3/t12-/m0/s1. The third kappa shape index (κ3) is 1.86.